The molecule has 1 aromatic rings. The first-order valence-corrected chi connectivity index (χ1v) is 5.66. The molecular weight excluding hydrogens is 218 g/mol. The Morgan fingerprint density at radius 1 is 1.24 bits per heavy atom. The summed E-state index contributed by atoms with van der Waals surface area (Å²) in [7, 11) is 1.72. The Kier molecular flexibility index (Phi) is 4.01. The molecule has 1 aromatic carbocycles. The highest BCUT2D eigenvalue weighted by Crippen LogP contribution is 2.37. The molecule has 1 atom stereocenters. The monoisotopic (exact) mass is 239 g/mol. The Morgan fingerprint density at radius 3 is 2.29 bits per heavy atom. The van der Waals surface area contributed by atoms with Gasteiger partial charge in [-0.05, 0) is 30.2 Å². The van der Waals surface area contributed by atoms with Crippen LogP contribution in [0.2, 0.25) is 0 Å². The van der Waals surface area contributed by atoms with E-state index in [4.69, 9.17) is 0 Å². The van der Waals surface area contributed by atoms with Gasteiger partial charge in [0.1, 0.15) is 0 Å². The molecule has 1 rings (SSSR count). The smallest absolute Gasteiger partial charge is 0.163 e. The number of benzene rings is 1. The molecule has 0 saturated heterocycles. The molecule has 0 bridgehead atoms. The van der Waals surface area contributed by atoms with Gasteiger partial charge in [0.05, 0.1) is 6.10 Å². The van der Waals surface area contributed by atoms with Gasteiger partial charge in [0.15, 0.2) is 11.5 Å². The second kappa shape index (κ2) is 4.94. The van der Waals surface area contributed by atoms with Gasteiger partial charge in [-0.2, -0.15) is 0 Å². The van der Waals surface area contributed by atoms with Gasteiger partial charge in [-0.15, -0.1) is 0 Å². The Labute approximate surface area is 102 Å². The quantitative estimate of drug-likeness (QED) is 0.605. The van der Waals surface area contributed by atoms with Gasteiger partial charge in [-0.25, -0.2) is 0 Å². The lowest BCUT2D eigenvalue weighted by Crippen LogP contribution is -2.18. The lowest BCUT2D eigenvalue weighted by Gasteiger charge is -2.22. The van der Waals surface area contributed by atoms with E-state index in [-0.39, 0.29) is 16.9 Å². The first kappa shape index (κ1) is 13.8. The van der Waals surface area contributed by atoms with E-state index in [2.05, 4.69) is 5.32 Å². The molecule has 0 heterocycles. The summed E-state index contributed by atoms with van der Waals surface area (Å²) in [4.78, 5) is 0. The fourth-order valence-corrected chi connectivity index (χ4v) is 1.63. The molecule has 1 unspecified atom stereocenters. The number of likely N-dealkylation sites (N-methyl/N-ethyl adjacent to an activating group) is 1. The molecule has 4 N–H and O–H groups in total. The van der Waals surface area contributed by atoms with E-state index in [9.17, 15) is 15.3 Å². The normalized spacial score (nSPS) is 13.7. The summed E-state index contributed by atoms with van der Waals surface area (Å²) in [6.45, 7) is 6.34. The molecule has 0 radical (unpaired) electrons. The lowest BCUT2D eigenvalue weighted by atomic mass is 9.85. The average Bonchev–Trinajstić information content (AvgIpc) is 2.20. The number of aliphatic hydroxyl groups excluding tert-OH is 1. The summed E-state index contributed by atoms with van der Waals surface area (Å²) in [5, 5.41) is 32.1. The third-order valence-electron chi connectivity index (χ3n) is 2.74. The standard InChI is InChI=1S/C13H21NO3/c1-13(2,3)8-5-9(11(16)7-14-4)12(17)10(15)6-8/h5-6,11,14-17H,7H2,1-4H3. The zero-order valence-electron chi connectivity index (χ0n) is 10.8. The zero-order chi connectivity index (χ0) is 13.2. The average molecular weight is 239 g/mol. The maximum Gasteiger partial charge on any atom is 0.163 e. The van der Waals surface area contributed by atoms with Gasteiger partial charge in [0.25, 0.3) is 0 Å². The molecule has 4 nitrogen and oxygen atoms in total. The van der Waals surface area contributed by atoms with Crippen LogP contribution in [0, 0.1) is 0 Å². The van der Waals surface area contributed by atoms with Crippen LogP contribution in [0.1, 0.15) is 38.0 Å². The third kappa shape index (κ3) is 3.11. The fraction of sp³-hybridized carbons (Fsp3) is 0.538. The van der Waals surface area contributed by atoms with E-state index in [1.807, 2.05) is 20.8 Å². The predicted octanol–water partition coefficient (Wildman–Crippen LogP) is 1.65. The van der Waals surface area contributed by atoms with E-state index >= 15 is 0 Å². The van der Waals surface area contributed by atoms with Crippen molar-refractivity contribution >= 4 is 0 Å². The highest BCUT2D eigenvalue weighted by molar-refractivity contribution is 5.50. The molecule has 0 saturated carbocycles. The molecule has 0 aliphatic heterocycles. The minimum Gasteiger partial charge on any atom is -0.504 e. The maximum absolute atomic E-state index is 9.88. The summed E-state index contributed by atoms with van der Waals surface area (Å²) in [6.07, 6.45) is -0.840. The number of rotatable bonds is 3. The van der Waals surface area contributed by atoms with Gasteiger partial charge < -0.3 is 20.6 Å². The Morgan fingerprint density at radius 2 is 1.82 bits per heavy atom. The molecular formula is C13H21NO3. The van der Waals surface area contributed by atoms with Crippen molar-refractivity contribution in [1.82, 2.24) is 5.32 Å². The van der Waals surface area contributed by atoms with Crippen LogP contribution in [-0.2, 0) is 5.41 Å². The van der Waals surface area contributed by atoms with E-state index < -0.39 is 6.10 Å². The van der Waals surface area contributed by atoms with Gasteiger partial charge >= 0.3 is 0 Å². The van der Waals surface area contributed by atoms with E-state index in [0.717, 1.165) is 5.56 Å². The van der Waals surface area contributed by atoms with Crippen molar-refractivity contribution in [1.29, 1.82) is 0 Å². The molecule has 0 fully saturated rings. The van der Waals surface area contributed by atoms with Gasteiger partial charge in [0, 0.05) is 12.1 Å². The highest BCUT2D eigenvalue weighted by atomic mass is 16.3. The van der Waals surface area contributed by atoms with Crippen molar-refractivity contribution in [3.8, 4) is 11.5 Å². The number of phenolic OH excluding ortho intramolecular Hbond substituents is 2. The van der Waals surface area contributed by atoms with Crippen LogP contribution < -0.4 is 5.32 Å². The summed E-state index contributed by atoms with van der Waals surface area (Å²) < 4.78 is 0. The number of hydrogen-bond donors (Lipinski definition) is 4. The van der Waals surface area contributed by atoms with Crippen LogP contribution in [0.4, 0.5) is 0 Å². The Balaban J connectivity index is 3.25. The highest BCUT2D eigenvalue weighted by Gasteiger charge is 2.21. The zero-order valence-corrected chi connectivity index (χ0v) is 10.8. The predicted molar refractivity (Wildman–Crippen MR) is 67.4 cm³/mol. The lowest BCUT2D eigenvalue weighted by molar-refractivity contribution is 0.173. The fourth-order valence-electron chi connectivity index (χ4n) is 1.63. The number of aromatic hydroxyl groups is 2. The molecule has 0 spiro atoms. The van der Waals surface area contributed by atoms with Gasteiger partial charge in [-0.1, -0.05) is 20.8 Å². The van der Waals surface area contributed by atoms with E-state index in [1.54, 1.807) is 13.1 Å². The summed E-state index contributed by atoms with van der Waals surface area (Å²) in [5.41, 5.74) is 1.07. The Hall–Kier alpha value is -1.26. The SMILES string of the molecule is CNCC(O)c1cc(C(C)(C)C)cc(O)c1O. The van der Waals surface area contributed by atoms with Crippen LogP contribution >= 0.6 is 0 Å². The minimum atomic E-state index is -0.840. The largest absolute Gasteiger partial charge is 0.504 e. The first-order chi connectivity index (χ1) is 7.77. The molecule has 0 aromatic heterocycles. The second-order valence-electron chi connectivity index (χ2n) is 5.26. The van der Waals surface area contributed by atoms with Crippen molar-refractivity contribution < 1.29 is 15.3 Å². The number of hydrogen-bond acceptors (Lipinski definition) is 4. The Bertz CT molecular complexity index is 396. The molecule has 4 heteroatoms. The van der Waals surface area contributed by atoms with Crippen molar-refractivity contribution in [2.75, 3.05) is 13.6 Å². The van der Waals surface area contributed by atoms with Gasteiger partial charge in [0.2, 0.25) is 0 Å². The molecule has 0 amide bonds. The van der Waals surface area contributed by atoms with Crippen molar-refractivity contribution in [2.45, 2.75) is 32.3 Å². The van der Waals surface area contributed by atoms with Crippen LogP contribution in [0.15, 0.2) is 12.1 Å². The summed E-state index contributed by atoms with van der Waals surface area (Å²) in [6, 6.07) is 3.27. The maximum atomic E-state index is 9.88. The molecule has 96 valence electrons. The molecule has 17 heavy (non-hydrogen) atoms. The third-order valence-corrected chi connectivity index (χ3v) is 2.74. The van der Waals surface area contributed by atoms with Gasteiger partial charge in [-0.3, -0.25) is 0 Å². The molecule has 0 aliphatic rings. The first-order valence-electron chi connectivity index (χ1n) is 5.66. The molecule has 0 aliphatic carbocycles. The summed E-state index contributed by atoms with van der Waals surface area (Å²) in [5.74, 6) is -0.441. The van der Waals surface area contributed by atoms with Crippen LogP contribution in [-0.4, -0.2) is 28.9 Å². The second-order valence-corrected chi connectivity index (χ2v) is 5.26. The topological polar surface area (TPSA) is 72.7 Å². The van der Waals surface area contributed by atoms with Crippen molar-refractivity contribution in [2.24, 2.45) is 0 Å². The number of nitrogens with one attached hydrogen (secondary N) is 1. The van der Waals surface area contributed by atoms with E-state index in [1.165, 1.54) is 6.07 Å². The summed E-state index contributed by atoms with van der Waals surface area (Å²) >= 11 is 0. The van der Waals surface area contributed by atoms with E-state index in [0.29, 0.717) is 12.1 Å². The van der Waals surface area contributed by atoms with Crippen LogP contribution in [0.3, 0.4) is 0 Å². The number of aliphatic hydroxyl groups is 1. The van der Waals surface area contributed by atoms with Crippen molar-refractivity contribution in [3.63, 3.8) is 0 Å². The van der Waals surface area contributed by atoms with Crippen LogP contribution in [0.5, 0.6) is 11.5 Å². The van der Waals surface area contributed by atoms with Crippen molar-refractivity contribution in [3.05, 3.63) is 23.3 Å². The van der Waals surface area contributed by atoms with Crippen LogP contribution in [0.25, 0.3) is 0 Å². The number of phenols is 2. The minimum absolute atomic E-state index is 0.153.